The van der Waals surface area contributed by atoms with Gasteiger partial charge in [-0.05, 0) is 61.5 Å². The van der Waals surface area contributed by atoms with Gasteiger partial charge in [0.25, 0.3) is 0 Å². The molecule has 4 rings (SSSR count). The third-order valence-electron chi connectivity index (χ3n) is 5.36. The molecule has 0 aliphatic carbocycles. The predicted octanol–water partition coefficient (Wildman–Crippen LogP) is 3.13. The second-order valence-corrected chi connectivity index (χ2v) is 7.87. The first-order chi connectivity index (χ1) is 14.3. The summed E-state index contributed by atoms with van der Waals surface area (Å²) in [7, 11) is 1.98. The molecule has 0 bridgehead atoms. The highest BCUT2D eigenvalue weighted by Gasteiger charge is 2.22. The van der Waals surface area contributed by atoms with Crippen LogP contribution in [-0.2, 0) is 23.1 Å². The number of aromatic nitrogens is 3. The Labute approximate surface area is 179 Å². The van der Waals surface area contributed by atoms with E-state index in [2.05, 4.69) is 33.4 Å². The number of nitrogens with zero attached hydrogens (tertiary/aromatic N) is 3. The van der Waals surface area contributed by atoms with Gasteiger partial charge in [0.15, 0.2) is 0 Å². The quantitative estimate of drug-likeness (QED) is 0.546. The van der Waals surface area contributed by atoms with Gasteiger partial charge in [-0.15, -0.1) is 0 Å². The van der Waals surface area contributed by atoms with Crippen molar-refractivity contribution < 1.29 is 19.8 Å². The first-order valence-electron chi connectivity index (χ1n) is 9.76. The fraction of sp³-hybridized carbons (Fsp3) is 0.381. The first kappa shape index (κ1) is 21.9. The smallest absolute Gasteiger partial charge is 0.414 e. The van der Waals surface area contributed by atoms with E-state index in [1.807, 2.05) is 30.1 Å². The van der Waals surface area contributed by atoms with E-state index in [0.717, 1.165) is 23.5 Å². The maximum absolute atomic E-state index is 9.10. The average molecular weight is 433 g/mol. The number of benzene rings is 1. The Morgan fingerprint density at radius 3 is 2.53 bits per heavy atom. The van der Waals surface area contributed by atoms with Crippen LogP contribution in [0.3, 0.4) is 0 Å². The van der Waals surface area contributed by atoms with Gasteiger partial charge in [0.2, 0.25) is 0 Å². The van der Waals surface area contributed by atoms with Gasteiger partial charge in [-0.25, -0.2) is 9.59 Å². The number of aromatic amines is 1. The highest BCUT2D eigenvalue weighted by Crippen LogP contribution is 2.34. The second kappa shape index (κ2) is 9.77. The fourth-order valence-corrected chi connectivity index (χ4v) is 3.99. The average Bonchev–Trinajstić information content (AvgIpc) is 3.33. The molecule has 0 saturated carbocycles. The Balaban J connectivity index is 0.000000377. The highest BCUT2D eigenvalue weighted by atomic mass is 35.5. The van der Waals surface area contributed by atoms with Gasteiger partial charge in [0, 0.05) is 41.9 Å². The van der Waals surface area contributed by atoms with E-state index in [1.165, 1.54) is 42.4 Å². The number of hydrogen-bond acceptors (Lipinski definition) is 4. The van der Waals surface area contributed by atoms with Crippen molar-refractivity contribution in [3.05, 3.63) is 52.9 Å². The molecule has 0 unspecified atom stereocenters. The number of H-pyrrole nitrogens is 1. The molecule has 30 heavy (non-hydrogen) atoms. The summed E-state index contributed by atoms with van der Waals surface area (Å²) >= 11 is 6.09. The van der Waals surface area contributed by atoms with Gasteiger partial charge in [-0.3, -0.25) is 4.68 Å². The summed E-state index contributed by atoms with van der Waals surface area (Å²) in [6, 6.07) is 6.16. The molecule has 1 aliphatic rings. The lowest BCUT2D eigenvalue weighted by Gasteiger charge is -2.31. The number of aliphatic carboxylic acids is 2. The number of likely N-dealkylation sites (tertiary alicyclic amines) is 1. The Kier molecular flexibility index (Phi) is 7.12. The zero-order valence-electron chi connectivity index (χ0n) is 16.7. The molecule has 8 nitrogen and oxygen atoms in total. The molecule has 0 radical (unpaired) electrons. The van der Waals surface area contributed by atoms with Crippen molar-refractivity contribution in [3.63, 3.8) is 0 Å². The van der Waals surface area contributed by atoms with Crippen LogP contribution in [0.2, 0.25) is 5.02 Å². The van der Waals surface area contributed by atoms with Crippen LogP contribution >= 0.6 is 11.6 Å². The number of carboxylic acids is 2. The van der Waals surface area contributed by atoms with Crippen molar-refractivity contribution in [3.8, 4) is 0 Å². The Morgan fingerprint density at radius 2 is 1.93 bits per heavy atom. The third kappa shape index (κ3) is 5.61. The van der Waals surface area contributed by atoms with E-state index >= 15 is 0 Å². The van der Waals surface area contributed by atoms with E-state index in [9.17, 15) is 0 Å². The summed E-state index contributed by atoms with van der Waals surface area (Å²) in [6.07, 6.45) is 9.81. The van der Waals surface area contributed by atoms with Crippen molar-refractivity contribution in [1.82, 2.24) is 19.7 Å². The lowest BCUT2D eigenvalue weighted by Crippen LogP contribution is -2.34. The summed E-state index contributed by atoms with van der Waals surface area (Å²) in [5.74, 6) is -3.00. The van der Waals surface area contributed by atoms with Crippen LogP contribution < -0.4 is 0 Å². The van der Waals surface area contributed by atoms with Gasteiger partial charge in [0.1, 0.15) is 0 Å². The molecule has 1 saturated heterocycles. The largest absolute Gasteiger partial charge is 0.473 e. The van der Waals surface area contributed by atoms with E-state index in [0.29, 0.717) is 5.92 Å². The molecule has 3 aromatic rings. The zero-order valence-corrected chi connectivity index (χ0v) is 17.5. The van der Waals surface area contributed by atoms with Crippen LogP contribution in [0.15, 0.2) is 36.8 Å². The van der Waals surface area contributed by atoms with Crippen molar-refractivity contribution in [2.75, 3.05) is 19.6 Å². The molecule has 0 spiro atoms. The summed E-state index contributed by atoms with van der Waals surface area (Å²) in [6.45, 7) is 3.47. The number of carboxylic acid groups (broad SMARTS) is 2. The normalized spacial score (nSPS) is 15.0. The summed E-state index contributed by atoms with van der Waals surface area (Å²) < 4.78 is 1.88. The van der Waals surface area contributed by atoms with Gasteiger partial charge in [-0.1, -0.05) is 17.7 Å². The number of carbonyl (C=O) groups is 2. The van der Waals surface area contributed by atoms with Crippen LogP contribution in [0.1, 0.15) is 29.9 Å². The molecule has 1 aliphatic heterocycles. The van der Waals surface area contributed by atoms with Crippen LogP contribution in [0, 0.1) is 0 Å². The number of piperidine rings is 1. The van der Waals surface area contributed by atoms with Gasteiger partial charge in [0.05, 0.1) is 6.20 Å². The molecule has 160 valence electrons. The Hall–Kier alpha value is -2.84. The second-order valence-electron chi connectivity index (χ2n) is 7.43. The third-order valence-corrected chi connectivity index (χ3v) is 5.60. The summed E-state index contributed by atoms with van der Waals surface area (Å²) in [4.78, 5) is 24.2. The molecule has 3 N–H and O–H groups in total. The number of aryl methyl sites for hydroxylation is 1. The van der Waals surface area contributed by atoms with Crippen LogP contribution in [0.4, 0.5) is 0 Å². The summed E-state index contributed by atoms with van der Waals surface area (Å²) in [5.41, 5.74) is 3.93. The number of nitrogens with one attached hydrogen (secondary N) is 1. The molecular formula is C21H25ClN4O4. The molecule has 9 heteroatoms. The summed E-state index contributed by atoms with van der Waals surface area (Å²) in [5, 5.41) is 21.1. The van der Waals surface area contributed by atoms with Crippen LogP contribution in [-0.4, -0.2) is 61.5 Å². The van der Waals surface area contributed by atoms with E-state index in [1.54, 1.807) is 0 Å². The maximum Gasteiger partial charge on any atom is 0.414 e. The van der Waals surface area contributed by atoms with Crippen LogP contribution in [0.5, 0.6) is 0 Å². The Morgan fingerprint density at radius 1 is 1.23 bits per heavy atom. The molecule has 1 fully saturated rings. The number of fused-ring (bicyclic) bond motifs is 1. The van der Waals surface area contributed by atoms with Crippen molar-refractivity contribution in [2.45, 2.75) is 25.2 Å². The molecule has 3 heterocycles. The fourth-order valence-electron chi connectivity index (χ4n) is 3.81. The van der Waals surface area contributed by atoms with Gasteiger partial charge in [-0.2, -0.15) is 5.10 Å². The molecule has 0 atom stereocenters. The lowest BCUT2D eigenvalue weighted by atomic mass is 9.89. The standard InChI is InChI=1S/C19H23ClN4.C2H2O4/c1-23-13-14(11-22-23)4-7-24-8-5-15(6-9-24)18-12-21-19-10-16(20)2-3-17(18)19;3-1(4)2(5)6/h2-3,10-13,15,21H,4-9H2,1H3;(H,3,4)(H,5,6). The monoisotopic (exact) mass is 432 g/mol. The minimum absolute atomic E-state index is 0.648. The van der Waals surface area contributed by atoms with Gasteiger partial charge >= 0.3 is 11.9 Å². The number of halogens is 1. The molecule has 2 aromatic heterocycles. The predicted molar refractivity (Wildman–Crippen MR) is 114 cm³/mol. The van der Waals surface area contributed by atoms with Crippen molar-refractivity contribution >= 4 is 34.4 Å². The van der Waals surface area contributed by atoms with E-state index in [-0.39, 0.29) is 0 Å². The Bertz CT molecular complexity index is 1010. The SMILES string of the molecule is Cn1cc(CCN2CCC(c3c[nH]c4cc(Cl)ccc34)CC2)cn1.O=C(O)C(=O)O. The minimum Gasteiger partial charge on any atom is -0.473 e. The number of hydrogen-bond donors (Lipinski definition) is 3. The minimum atomic E-state index is -1.82. The molecule has 1 aromatic carbocycles. The van der Waals surface area contributed by atoms with Crippen molar-refractivity contribution in [2.24, 2.45) is 7.05 Å². The lowest BCUT2D eigenvalue weighted by molar-refractivity contribution is -0.159. The molecular weight excluding hydrogens is 408 g/mol. The number of rotatable bonds is 4. The first-order valence-corrected chi connectivity index (χ1v) is 10.1. The van der Waals surface area contributed by atoms with E-state index in [4.69, 9.17) is 31.4 Å². The molecule has 0 amide bonds. The maximum atomic E-state index is 9.10. The van der Waals surface area contributed by atoms with E-state index < -0.39 is 11.9 Å². The highest BCUT2D eigenvalue weighted by molar-refractivity contribution is 6.31. The topological polar surface area (TPSA) is 111 Å². The van der Waals surface area contributed by atoms with Gasteiger partial charge < -0.3 is 20.1 Å². The van der Waals surface area contributed by atoms with Crippen molar-refractivity contribution in [1.29, 1.82) is 0 Å². The zero-order chi connectivity index (χ0) is 21.7. The van der Waals surface area contributed by atoms with Crippen LogP contribution in [0.25, 0.3) is 10.9 Å².